The number of halogens is 1. The van der Waals surface area contributed by atoms with Gasteiger partial charge in [-0.25, -0.2) is 0 Å². The van der Waals surface area contributed by atoms with Crippen molar-refractivity contribution in [3.63, 3.8) is 0 Å². The lowest BCUT2D eigenvalue weighted by Gasteiger charge is -2.28. The number of Topliss-reactive ketones (excluding diaryl/α,β-unsaturated/α-hetero) is 1. The van der Waals surface area contributed by atoms with E-state index in [-0.39, 0.29) is 6.42 Å². The van der Waals surface area contributed by atoms with Crippen LogP contribution >= 0.6 is 15.9 Å². The molecular weight excluding hydrogens is 398 g/mol. The third-order valence-corrected chi connectivity index (χ3v) is 5.26. The maximum Gasteiger partial charge on any atom is 0.310 e. The van der Waals surface area contributed by atoms with E-state index in [9.17, 15) is 14.1 Å². The van der Waals surface area contributed by atoms with Crippen LogP contribution in [0, 0.1) is 0 Å². The highest BCUT2D eigenvalue weighted by atomic mass is 79.9. The van der Waals surface area contributed by atoms with E-state index in [1.807, 2.05) is 20.8 Å². The number of ketones is 1. The lowest BCUT2D eigenvalue weighted by molar-refractivity contribution is -0.140. The second kappa shape index (κ2) is 8.84. The van der Waals surface area contributed by atoms with Crippen molar-refractivity contribution < 1.29 is 24.0 Å². The first kappa shape index (κ1) is 21.0. The summed E-state index contributed by atoms with van der Waals surface area (Å²) in [5.41, 5.74) is 0.650. The van der Waals surface area contributed by atoms with Gasteiger partial charge in [0.1, 0.15) is 22.7 Å². The second-order valence-electron chi connectivity index (χ2n) is 6.25. The molecule has 134 valence electrons. The van der Waals surface area contributed by atoms with Gasteiger partial charge in [-0.05, 0) is 32.9 Å². The van der Waals surface area contributed by atoms with Gasteiger partial charge >= 0.3 is 5.97 Å². The van der Waals surface area contributed by atoms with Crippen LogP contribution in [-0.2, 0) is 21.0 Å². The number of hydrogen-bond donors (Lipinski definition) is 2. The summed E-state index contributed by atoms with van der Waals surface area (Å²) in [6.45, 7) is 5.43. The standard InChI is InChI=1S/C16H22BrNO5S/c1-16(2,3)24(22)18-13(8-11(19)9-15(20)21)12-6-5-10(17)7-14(12)23-4/h5-7,13,18H,8-9H2,1-4H3,(H,20,21)/t13-,24+/m0/s1. The van der Waals surface area contributed by atoms with Gasteiger partial charge in [0.15, 0.2) is 0 Å². The Morgan fingerprint density at radius 3 is 2.54 bits per heavy atom. The molecule has 0 aliphatic heterocycles. The van der Waals surface area contributed by atoms with Gasteiger partial charge in [-0.2, -0.15) is 0 Å². The molecule has 0 bridgehead atoms. The number of hydrogen-bond acceptors (Lipinski definition) is 5. The van der Waals surface area contributed by atoms with Crippen molar-refractivity contribution in [2.75, 3.05) is 7.11 Å². The third kappa shape index (κ3) is 6.43. The fraction of sp³-hybridized carbons (Fsp3) is 0.500. The number of aliphatic carboxylic acids is 1. The Hall–Kier alpha value is -1.09. The number of nitrogens with one attached hydrogen (secondary N) is 1. The lowest BCUT2D eigenvalue weighted by atomic mass is 10.00. The quantitative estimate of drug-likeness (QED) is 0.496. The predicted octanol–water partition coefficient (Wildman–Crippen LogP) is 2.98. The molecule has 1 aromatic rings. The zero-order chi connectivity index (χ0) is 18.5. The van der Waals surface area contributed by atoms with Crippen LogP contribution in [0.15, 0.2) is 22.7 Å². The van der Waals surface area contributed by atoms with E-state index in [0.717, 1.165) is 4.47 Å². The van der Waals surface area contributed by atoms with E-state index in [2.05, 4.69) is 20.7 Å². The Balaban J connectivity index is 3.13. The number of methoxy groups -OCH3 is 1. The molecule has 6 nitrogen and oxygen atoms in total. The van der Waals surface area contributed by atoms with Crippen molar-refractivity contribution in [2.45, 2.75) is 44.4 Å². The first-order valence-corrected chi connectivity index (χ1v) is 9.24. The number of carboxylic acid groups (broad SMARTS) is 1. The monoisotopic (exact) mass is 419 g/mol. The van der Waals surface area contributed by atoms with E-state index in [1.165, 1.54) is 7.11 Å². The van der Waals surface area contributed by atoms with Gasteiger partial charge in [0, 0.05) is 27.8 Å². The molecule has 0 saturated heterocycles. The van der Waals surface area contributed by atoms with Crippen LogP contribution < -0.4 is 9.46 Å². The van der Waals surface area contributed by atoms with Gasteiger partial charge in [0.2, 0.25) is 0 Å². The molecule has 1 aromatic carbocycles. The molecule has 2 N–H and O–H groups in total. The SMILES string of the molecule is COc1cc(Br)ccc1[C@H](CC(=O)CC(=O)O)N[S@+]([O-])C(C)(C)C. The normalized spacial score (nSPS) is 14.1. The Labute approximate surface area is 153 Å². The van der Waals surface area contributed by atoms with Crippen molar-refractivity contribution >= 4 is 39.0 Å². The fourth-order valence-corrected chi connectivity index (χ4v) is 3.12. The molecule has 24 heavy (non-hydrogen) atoms. The minimum atomic E-state index is -1.43. The summed E-state index contributed by atoms with van der Waals surface area (Å²) in [6.07, 6.45) is -0.661. The van der Waals surface area contributed by atoms with Gasteiger partial charge in [-0.15, -0.1) is 4.72 Å². The Bertz CT molecular complexity index is 603. The van der Waals surface area contributed by atoms with Crippen LogP contribution in [0.3, 0.4) is 0 Å². The first-order valence-electron chi connectivity index (χ1n) is 7.29. The summed E-state index contributed by atoms with van der Waals surface area (Å²) in [5, 5.41) is 8.78. The highest BCUT2D eigenvalue weighted by Crippen LogP contribution is 2.32. The first-order chi connectivity index (χ1) is 11.0. The van der Waals surface area contributed by atoms with E-state index in [4.69, 9.17) is 9.84 Å². The summed E-state index contributed by atoms with van der Waals surface area (Å²) in [6, 6.07) is 4.67. The largest absolute Gasteiger partial charge is 0.598 e. The van der Waals surface area contributed by atoms with Gasteiger partial charge in [0.05, 0.1) is 13.2 Å². The van der Waals surface area contributed by atoms with Crippen LogP contribution in [0.5, 0.6) is 5.75 Å². The molecule has 0 heterocycles. The average Bonchev–Trinajstić information content (AvgIpc) is 2.44. The van der Waals surface area contributed by atoms with Crippen molar-refractivity contribution in [3.8, 4) is 5.75 Å². The van der Waals surface area contributed by atoms with Crippen molar-refractivity contribution in [2.24, 2.45) is 0 Å². The molecule has 0 fully saturated rings. The minimum absolute atomic E-state index is 0.0912. The number of carbonyl (C=O) groups is 2. The minimum Gasteiger partial charge on any atom is -0.598 e. The third-order valence-electron chi connectivity index (χ3n) is 3.16. The van der Waals surface area contributed by atoms with Crippen LogP contribution in [0.25, 0.3) is 0 Å². The topological polar surface area (TPSA) is 98.7 Å². The van der Waals surface area contributed by atoms with Crippen LogP contribution in [0.2, 0.25) is 0 Å². The number of carbonyl (C=O) groups excluding carboxylic acids is 1. The lowest BCUT2D eigenvalue weighted by Crippen LogP contribution is -2.42. The van der Waals surface area contributed by atoms with E-state index < -0.39 is 40.3 Å². The summed E-state index contributed by atoms with van der Waals surface area (Å²) < 4.78 is 21.0. The summed E-state index contributed by atoms with van der Waals surface area (Å²) >= 11 is 1.92. The fourth-order valence-electron chi connectivity index (χ4n) is 1.96. The number of rotatable bonds is 8. The highest BCUT2D eigenvalue weighted by molar-refractivity contribution is 9.10. The number of carboxylic acids is 1. The van der Waals surface area contributed by atoms with Gasteiger partial charge in [-0.1, -0.05) is 22.0 Å². The zero-order valence-corrected chi connectivity index (χ0v) is 16.5. The molecule has 2 atom stereocenters. The maximum absolute atomic E-state index is 12.4. The molecule has 0 aliphatic carbocycles. The molecular formula is C16H22BrNO5S. The van der Waals surface area contributed by atoms with Crippen LogP contribution in [0.1, 0.15) is 45.2 Å². The molecule has 8 heteroatoms. The molecule has 1 rings (SSSR count). The number of benzene rings is 1. The smallest absolute Gasteiger partial charge is 0.310 e. The van der Waals surface area contributed by atoms with Gasteiger partial charge in [0.25, 0.3) is 0 Å². The van der Waals surface area contributed by atoms with E-state index in [0.29, 0.717) is 11.3 Å². The van der Waals surface area contributed by atoms with Crippen molar-refractivity contribution in [3.05, 3.63) is 28.2 Å². The van der Waals surface area contributed by atoms with Gasteiger partial charge < -0.3 is 14.4 Å². The molecule has 0 aliphatic rings. The highest BCUT2D eigenvalue weighted by Gasteiger charge is 2.32. The van der Waals surface area contributed by atoms with Crippen LogP contribution in [0.4, 0.5) is 0 Å². The molecule has 0 radical (unpaired) electrons. The second-order valence-corrected chi connectivity index (χ2v) is 9.16. The van der Waals surface area contributed by atoms with Crippen molar-refractivity contribution in [1.82, 2.24) is 4.72 Å². The molecule has 0 saturated carbocycles. The number of ether oxygens (including phenoxy) is 1. The van der Waals surface area contributed by atoms with E-state index in [1.54, 1.807) is 18.2 Å². The van der Waals surface area contributed by atoms with Crippen molar-refractivity contribution in [1.29, 1.82) is 0 Å². The molecule has 0 spiro atoms. The Morgan fingerprint density at radius 1 is 1.42 bits per heavy atom. The zero-order valence-electron chi connectivity index (χ0n) is 14.1. The maximum atomic E-state index is 12.4. The Morgan fingerprint density at radius 2 is 2.04 bits per heavy atom. The summed E-state index contributed by atoms with van der Waals surface area (Å²) in [7, 11) is 1.50. The molecule has 0 aromatic heterocycles. The van der Waals surface area contributed by atoms with E-state index >= 15 is 0 Å². The summed E-state index contributed by atoms with van der Waals surface area (Å²) in [4.78, 5) is 22.7. The molecule has 0 amide bonds. The average molecular weight is 420 g/mol. The van der Waals surface area contributed by atoms with Crippen LogP contribution in [-0.4, -0.2) is 33.3 Å². The predicted molar refractivity (Wildman–Crippen MR) is 96.3 cm³/mol. The summed E-state index contributed by atoms with van der Waals surface area (Å²) in [5.74, 6) is -1.11. The Kier molecular flexibility index (Phi) is 7.72. The van der Waals surface area contributed by atoms with Gasteiger partial charge in [-0.3, -0.25) is 9.59 Å². The molecule has 0 unspecified atom stereocenters.